The standard InChI is InChI=1S/C22H22N4O/c27-22(26-12-10-23-11-13-26)21-16-24-20(15-25-21)19-9-5-4-8-18(19)14-17-6-2-1-3-7-17/h1-9,15-16,23H,10-14H2. The predicted molar refractivity (Wildman–Crippen MR) is 105 cm³/mol. The van der Waals surface area contributed by atoms with E-state index in [1.54, 1.807) is 12.4 Å². The molecule has 1 amide bonds. The summed E-state index contributed by atoms with van der Waals surface area (Å²) in [7, 11) is 0. The zero-order valence-electron chi connectivity index (χ0n) is 15.1. The fourth-order valence-electron chi connectivity index (χ4n) is 3.35. The van der Waals surface area contributed by atoms with Crippen LogP contribution < -0.4 is 5.32 Å². The minimum Gasteiger partial charge on any atom is -0.335 e. The van der Waals surface area contributed by atoms with E-state index in [-0.39, 0.29) is 5.91 Å². The first kappa shape index (κ1) is 17.4. The average Bonchev–Trinajstić information content (AvgIpc) is 2.75. The SMILES string of the molecule is O=C(c1cnc(-c2ccccc2Cc2ccccc2)cn1)N1CCNCC1. The van der Waals surface area contributed by atoms with Gasteiger partial charge in [-0.3, -0.25) is 9.78 Å². The number of nitrogens with one attached hydrogen (secondary N) is 1. The molecule has 1 aliphatic heterocycles. The van der Waals surface area contributed by atoms with E-state index in [0.717, 1.165) is 30.8 Å². The molecule has 0 aliphatic carbocycles. The highest BCUT2D eigenvalue weighted by Gasteiger charge is 2.19. The number of nitrogens with zero attached hydrogens (tertiary/aromatic N) is 3. The van der Waals surface area contributed by atoms with Crippen molar-refractivity contribution in [2.45, 2.75) is 6.42 Å². The van der Waals surface area contributed by atoms with Gasteiger partial charge >= 0.3 is 0 Å². The molecule has 1 N–H and O–H groups in total. The summed E-state index contributed by atoms with van der Waals surface area (Å²) < 4.78 is 0. The zero-order valence-corrected chi connectivity index (χ0v) is 15.1. The molecule has 1 aromatic heterocycles. The third-order valence-corrected chi connectivity index (χ3v) is 4.81. The van der Waals surface area contributed by atoms with E-state index in [1.807, 2.05) is 35.2 Å². The Morgan fingerprint density at radius 2 is 1.67 bits per heavy atom. The number of hydrogen-bond donors (Lipinski definition) is 1. The normalized spacial score (nSPS) is 14.1. The third-order valence-electron chi connectivity index (χ3n) is 4.81. The van der Waals surface area contributed by atoms with Gasteiger partial charge in [0.2, 0.25) is 0 Å². The van der Waals surface area contributed by atoms with E-state index in [2.05, 4.69) is 39.6 Å². The first-order valence-corrected chi connectivity index (χ1v) is 9.25. The third kappa shape index (κ3) is 4.04. The minimum atomic E-state index is -0.0480. The van der Waals surface area contributed by atoms with Gasteiger partial charge < -0.3 is 10.2 Å². The van der Waals surface area contributed by atoms with Gasteiger partial charge in [-0.25, -0.2) is 4.98 Å². The van der Waals surface area contributed by atoms with Gasteiger partial charge in [0.05, 0.1) is 18.1 Å². The summed E-state index contributed by atoms with van der Waals surface area (Å²) in [6.07, 6.45) is 4.14. The second-order valence-corrected chi connectivity index (χ2v) is 6.65. The molecule has 2 heterocycles. The number of carbonyl (C=O) groups excluding carboxylic acids is 1. The predicted octanol–water partition coefficient (Wildman–Crippen LogP) is 2.78. The van der Waals surface area contributed by atoms with Crippen LogP contribution in [0.1, 0.15) is 21.6 Å². The van der Waals surface area contributed by atoms with Gasteiger partial charge in [0.1, 0.15) is 5.69 Å². The van der Waals surface area contributed by atoms with Gasteiger partial charge in [-0.2, -0.15) is 0 Å². The van der Waals surface area contributed by atoms with Crippen molar-refractivity contribution in [1.82, 2.24) is 20.2 Å². The van der Waals surface area contributed by atoms with Crippen molar-refractivity contribution in [3.05, 3.63) is 83.8 Å². The van der Waals surface area contributed by atoms with Crippen LogP contribution in [0, 0.1) is 0 Å². The summed E-state index contributed by atoms with van der Waals surface area (Å²) in [4.78, 5) is 23.3. The largest absolute Gasteiger partial charge is 0.335 e. The van der Waals surface area contributed by atoms with Crippen LogP contribution in [-0.4, -0.2) is 47.0 Å². The van der Waals surface area contributed by atoms with E-state index >= 15 is 0 Å². The Balaban J connectivity index is 1.56. The first-order valence-electron chi connectivity index (χ1n) is 9.25. The molecule has 0 spiro atoms. The Labute approximate surface area is 159 Å². The number of piperazine rings is 1. The average molecular weight is 358 g/mol. The number of amides is 1. The molecule has 27 heavy (non-hydrogen) atoms. The van der Waals surface area contributed by atoms with Crippen LogP contribution in [0.25, 0.3) is 11.3 Å². The molecular weight excluding hydrogens is 336 g/mol. The molecule has 1 aliphatic rings. The fraction of sp³-hybridized carbons (Fsp3) is 0.227. The molecule has 5 nitrogen and oxygen atoms in total. The lowest BCUT2D eigenvalue weighted by Gasteiger charge is -2.26. The van der Waals surface area contributed by atoms with Crippen LogP contribution in [0.3, 0.4) is 0 Å². The van der Waals surface area contributed by atoms with Crippen molar-refractivity contribution in [3.8, 4) is 11.3 Å². The Bertz CT molecular complexity index is 903. The maximum Gasteiger partial charge on any atom is 0.274 e. The zero-order chi connectivity index (χ0) is 18.5. The molecule has 0 bridgehead atoms. The first-order chi connectivity index (χ1) is 13.3. The van der Waals surface area contributed by atoms with Gasteiger partial charge in [-0.1, -0.05) is 54.6 Å². The molecule has 0 unspecified atom stereocenters. The summed E-state index contributed by atoms with van der Waals surface area (Å²) in [6.45, 7) is 3.07. The molecule has 0 radical (unpaired) electrons. The topological polar surface area (TPSA) is 58.1 Å². The highest BCUT2D eigenvalue weighted by atomic mass is 16.2. The Hall–Kier alpha value is -3.05. The molecule has 1 saturated heterocycles. The fourth-order valence-corrected chi connectivity index (χ4v) is 3.35. The molecule has 136 valence electrons. The number of benzene rings is 2. The summed E-state index contributed by atoms with van der Waals surface area (Å²) in [5.74, 6) is -0.0480. The van der Waals surface area contributed by atoms with Gasteiger partial charge in [-0.15, -0.1) is 0 Å². The highest BCUT2D eigenvalue weighted by molar-refractivity contribution is 5.92. The van der Waals surface area contributed by atoms with Gasteiger partial charge in [0, 0.05) is 31.7 Å². The quantitative estimate of drug-likeness (QED) is 0.779. The maximum absolute atomic E-state index is 12.6. The van der Waals surface area contributed by atoms with Gasteiger partial charge in [0.25, 0.3) is 5.91 Å². The Morgan fingerprint density at radius 1 is 0.926 bits per heavy atom. The van der Waals surface area contributed by atoms with Gasteiger partial charge in [-0.05, 0) is 17.5 Å². The van der Waals surface area contributed by atoms with E-state index in [4.69, 9.17) is 0 Å². The van der Waals surface area contributed by atoms with E-state index < -0.39 is 0 Å². The molecule has 0 atom stereocenters. The maximum atomic E-state index is 12.6. The highest BCUT2D eigenvalue weighted by Crippen LogP contribution is 2.23. The second-order valence-electron chi connectivity index (χ2n) is 6.65. The molecule has 5 heteroatoms. The second kappa shape index (κ2) is 8.10. The van der Waals surface area contributed by atoms with Crippen LogP contribution in [0.2, 0.25) is 0 Å². The van der Waals surface area contributed by atoms with Crippen molar-refractivity contribution in [1.29, 1.82) is 0 Å². The molecule has 4 rings (SSSR count). The van der Waals surface area contributed by atoms with E-state index in [9.17, 15) is 4.79 Å². The molecule has 3 aromatic rings. The molecule has 2 aromatic carbocycles. The monoisotopic (exact) mass is 358 g/mol. The summed E-state index contributed by atoms with van der Waals surface area (Å²) in [6, 6.07) is 18.6. The Morgan fingerprint density at radius 3 is 2.41 bits per heavy atom. The van der Waals surface area contributed by atoms with Crippen LogP contribution in [0.4, 0.5) is 0 Å². The van der Waals surface area contributed by atoms with Crippen molar-refractivity contribution in [3.63, 3.8) is 0 Å². The van der Waals surface area contributed by atoms with Crippen molar-refractivity contribution in [2.24, 2.45) is 0 Å². The van der Waals surface area contributed by atoms with Crippen molar-refractivity contribution in [2.75, 3.05) is 26.2 Å². The van der Waals surface area contributed by atoms with E-state index in [0.29, 0.717) is 18.8 Å². The smallest absolute Gasteiger partial charge is 0.274 e. The number of carbonyl (C=O) groups is 1. The van der Waals surface area contributed by atoms with Crippen molar-refractivity contribution < 1.29 is 4.79 Å². The Kier molecular flexibility index (Phi) is 5.21. The van der Waals surface area contributed by atoms with Gasteiger partial charge in [0.15, 0.2) is 0 Å². The molecule has 1 fully saturated rings. The summed E-state index contributed by atoms with van der Waals surface area (Å²) in [5, 5.41) is 3.25. The van der Waals surface area contributed by atoms with Crippen LogP contribution in [-0.2, 0) is 6.42 Å². The van der Waals surface area contributed by atoms with Crippen LogP contribution in [0.15, 0.2) is 67.0 Å². The lowest BCUT2D eigenvalue weighted by molar-refractivity contribution is 0.0729. The van der Waals surface area contributed by atoms with E-state index in [1.165, 1.54) is 11.1 Å². The van der Waals surface area contributed by atoms with Crippen LogP contribution >= 0.6 is 0 Å². The number of aromatic nitrogens is 2. The summed E-state index contributed by atoms with van der Waals surface area (Å²) >= 11 is 0. The minimum absolute atomic E-state index is 0.0480. The number of rotatable bonds is 4. The van der Waals surface area contributed by atoms with Crippen molar-refractivity contribution >= 4 is 5.91 Å². The lowest BCUT2D eigenvalue weighted by atomic mass is 9.98. The van der Waals surface area contributed by atoms with Crippen LogP contribution in [0.5, 0.6) is 0 Å². The summed E-state index contributed by atoms with van der Waals surface area (Å²) in [5.41, 5.74) is 4.69. The molecular formula is C22H22N4O. The molecule has 0 saturated carbocycles. The number of hydrogen-bond acceptors (Lipinski definition) is 4. The lowest BCUT2D eigenvalue weighted by Crippen LogP contribution is -2.46.